The van der Waals surface area contributed by atoms with Crippen LogP contribution in [0.3, 0.4) is 0 Å². The molecule has 0 spiro atoms. The number of hydrogen-bond acceptors (Lipinski definition) is 3. The summed E-state index contributed by atoms with van der Waals surface area (Å²) in [4.78, 5) is 4.14. The standard InChI is InChI=1S/C13H13N3O/c1-9-6-7-10(8-16-9)17-12-5-3-2-4-11(12)13(14)15/h2-8H,1H3,(H3,14,15). The van der Waals surface area contributed by atoms with Crippen LogP contribution in [0.2, 0.25) is 0 Å². The van der Waals surface area contributed by atoms with E-state index in [1.807, 2.05) is 31.2 Å². The van der Waals surface area contributed by atoms with Crippen molar-refractivity contribution in [3.8, 4) is 11.5 Å². The molecule has 1 aromatic carbocycles. The number of hydrogen-bond donors (Lipinski definition) is 2. The Bertz CT molecular complexity index is 535. The third kappa shape index (κ3) is 2.60. The van der Waals surface area contributed by atoms with Crippen LogP contribution in [0, 0.1) is 12.3 Å². The van der Waals surface area contributed by atoms with Gasteiger partial charge in [-0.05, 0) is 31.2 Å². The molecule has 86 valence electrons. The molecule has 17 heavy (non-hydrogen) atoms. The van der Waals surface area contributed by atoms with Gasteiger partial charge in [0.25, 0.3) is 0 Å². The van der Waals surface area contributed by atoms with Crippen LogP contribution < -0.4 is 10.5 Å². The number of amidine groups is 1. The Hall–Kier alpha value is -2.36. The minimum Gasteiger partial charge on any atom is -0.455 e. The molecule has 2 aromatic rings. The number of nitrogen functional groups attached to an aromatic ring is 1. The number of nitrogens with one attached hydrogen (secondary N) is 1. The number of aryl methyl sites for hydroxylation is 1. The summed E-state index contributed by atoms with van der Waals surface area (Å²) in [5.41, 5.74) is 6.98. The number of rotatable bonds is 3. The topological polar surface area (TPSA) is 72.0 Å². The maximum absolute atomic E-state index is 7.46. The average Bonchev–Trinajstić information content (AvgIpc) is 2.32. The van der Waals surface area contributed by atoms with Crippen molar-refractivity contribution in [1.82, 2.24) is 4.98 Å². The molecule has 0 saturated heterocycles. The van der Waals surface area contributed by atoms with Gasteiger partial charge in [0.15, 0.2) is 0 Å². The van der Waals surface area contributed by atoms with E-state index >= 15 is 0 Å². The molecule has 2 rings (SSSR count). The molecule has 4 nitrogen and oxygen atoms in total. The van der Waals surface area contributed by atoms with Crippen LogP contribution in [0.15, 0.2) is 42.6 Å². The fraction of sp³-hybridized carbons (Fsp3) is 0.0769. The van der Waals surface area contributed by atoms with Crippen LogP contribution in [-0.4, -0.2) is 10.8 Å². The molecule has 0 aliphatic rings. The van der Waals surface area contributed by atoms with Gasteiger partial charge in [0.05, 0.1) is 11.8 Å². The molecule has 0 saturated carbocycles. The van der Waals surface area contributed by atoms with Crippen molar-refractivity contribution in [3.63, 3.8) is 0 Å². The summed E-state index contributed by atoms with van der Waals surface area (Å²) in [6.07, 6.45) is 1.65. The molecular weight excluding hydrogens is 214 g/mol. The number of aromatic nitrogens is 1. The first-order valence-corrected chi connectivity index (χ1v) is 5.21. The number of nitrogens with two attached hydrogens (primary N) is 1. The molecule has 0 aliphatic carbocycles. The van der Waals surface area contributed by atoms with E-state index in [1.165, 1.54) is 0 Å². The Morgan fingerprint density at radius 1 is 1.24 bits per heavy atom. The number of pyridine rings is 1. The third-order valence-electron chi connectivity index (χ3n) is 2.29. The Kier molecular flexibility index (Phi) is 3.05. The molecule has 0 radical (unpaired) electrons. The first-order chi connectivity index (χ1) is 8.16. The zero-order valence-corrected chi connectivity index (χ0v) is 9.47. The van der Waals surface area contributed by atoms with Crippen molar-refractivity contribution >= 4 is 5.84 Å². The zero-order chi connectivity index (χ0) is 12.3. The first-order valence-electron chi connectivity index (χ1n) is 5.21. The highest BCUT2D eigenvalue weighted by atomic mass is 16.5. The highest BCUT2D eigenvalue weighted by Crippen LogP contribution is 2.24. The van der Waals surface area contributed by atoms with Gasteiger partial charge in [-0.2, -0.15) is 0 Å². The molecule has 0 amide bonds. The number of benzene rings is 1. The Morgan fingerprint density at radius 2 is 2.00 bits per heavy atom. The number of nitrogens with zero attached hydrogens (tertiary/aromatic N) is 1. The van der Waals surface area contributed by atoms with Crippen LogP contribution >= 0.6 is 0 Å². The van der Waals surface area contributed by atoms with Gasteiger partial charge < -0.3 is 10.5 Å². The lowest BCUT2D eigenvalue weighted by Gasteiger charge is -2.09. The maximum atomic E-state index is 7.46. The van der Waals surface area contributed by atoms with E-state index in [4.69, 9.17) is 15.9 Å². The summed E-state index contributed by atoms with van der Waals surface area (Å²) in [6.45, 7) is 1.91. The lowest BCUT2D eigenvalue weighted by Crippen LogP contribution is -2.12. The van der Waals surface area contributed by atoms with Crippen molar-refractivity contribution in [3.05, 3.63) is 53.9 Å². The van der Waals surface area contributed by atoms with Crippen LogP contribution in [0.25, 0.3) is 0 Å². The molecule has 0 atom stereocenters. The van der Waals surface area contributed by atoms with E-state index in [0.29, 0.717) is 17.1 Å². The predicted molar refractivity (Wildman–Crippen MR) is 66.5 cm³/mol. The van der Waals surface area contributed by atoms with Gasteiger partial charge in [0.1, 0.15) is 17.3 Å². The minimum absolute atomic E-state index is 0.0133. The summed E-state index contributed by atoms with van der Waals surface area (Å²) in [6, 6.07) is 10.9. The number of para-hydroxylation sites is 1. The van der Waals surface area contributed by atoms with Crippen LogP contribution in [0.5, 0.6) is 11.5 Å². The summed E-state index contributed by atoms with van der Waals surface area (Å²) in [7, 11) is 0. The van der Waals surface area contributed by atoms with Gasteiger partial charge >= 0.3 is 0 Å². The number of ether oxygens (including phenoxy) is 1. The Labute approximate surface area is 99.6 Å². The van der Waals surface area contributed by atoms with Crippen LogP contribution in [-0.2, 0) is 0 Å². The molecule has 1 heterocycles. The summed E-state index contributed by atoms with van der Waals surface area (Å²) in [5, 5.41) is 7.46. The van der Waals surface area contributed by atoms with Crippen molar-refractivity contribution in [2.24, 2.45) is 5.73 Å². The van der Waals surface area contributed by atoms with E-state index < -0.39 is 0 Å². The van der Waals surface area contributed by atoms with E-state index in [1.54, 1.807) is 18.3 Å². The second kappa shape index (κ2) is 4.65. The fourth-order valence-corrected chi connectivity index (χ4v) is 1.42. The maximum Gasteiger partial charge on any atom is 0.145 e. The van der Waals surface area contributed by atoms with Crippen molar-refractivity contribution < 1.29 is 4.74 Å². The highest BCUT2D eigenvalue weighted by Gasteiger charge is 2.06. The summed E-state index contributed by atoms with van der Waals surface area (Å²) >= 11 is 0. The second-order valence-electron chi connectivity index (χ2n) is 3.65. The SMILES string of the molecule is Cc1ccc(Oc2ccccc2C(=N)N)cn1. The van der Waals surface area contributed by atoms with Gasteiger partial charge in [0.2, 0.25) is 0 Å². The lowest BCUT2D eigenvalue weighted by atomic mass is 10.2. The molecule has 0 aliphatic heterocycles. The first kappa shape index (κ1) is 11.1. The predicted octanol–water partition coefficient (Wildman–Crippen LogP) is 2.47. The van der Waals surface area contributed by atoms with Crippen LogP contribution in [0.1, 0.15) is 11.3 Å². The normalized spacial score (nSPS) is 9.94. The molecule has 1 aromatic heterocycles. The van der Waals surface area contributed by atoms with Crippen LogP contribution in [0.4, 0.5) is 0 Å². The van der Waals surface area contributed by atoms with Gasteiger partial charge in [-0.15, -0.1) is 0 Å². The van der Waals surface area contributed by atoms with Gasteiger partial charge in [-0.3, -0.25) is 10.4 Å². The summed E-state index contributed by atoms with van der Waals surface area (Å²) in [5.74, 6) is 1.18. The summed E-state index contributed by atoms with van der Waals surface area (Å²) < 4.78 is 5.64. The van der Waals surface area contributed by atoms with E-state index in [9.17, 15) is 0 Å². The van der Waals surface area contributed by atoms with E-state index in [2.05, 4.69) is 4.98 Å². The average molecular weight is 227 g/mol. The second-order valence-corrected chi connectivity index (χ2v) is 3.65. The molecule has 0 bridgehead atoms. The van der Waals surface area contributed by atoms with Crippen molar-refractivity contribution in [2.75, 3.05) is 0 Å². The van der Waals surface area contributed by atoms with E-state index in [-0.39, 0.29) is 5.84 Å². The molecule has 0 unspecified atom stereocenters. The third-order valence-corrected chi connectivity index (χ3v) is 2.29. The molecule has 3 N–H and O–H groups in total. The smallest absolute Gasteiger partial charge is 0.145 e. The molecular formula is C13H13N3O. The zero-order valence-electron chi connectivity index (χ0n) is 9.47. The molecule has 0 fully saturated rings. The monoisotopic (exact) mass is 227 g/mol. The Balaban J connectivity index is 2.30. The largest absolute Gasteiger partial charge is 0.455 e. The van der Waals surface area contributed by atoms with Gasteiger partial charge in [-0.1, -0.05) is 12.1 Å². The highest BCUT2D eigenvalue weighted by molar-refractivity contribution is 5.97. The van der Waals surface area contributed by atoms with E-state index in [0.717, 1.165) is 5.69 Å². The van der Waals surface area contributed by atoms with Gasteiger partial charge in [-0.25, -0.2) is 0 Å². The van der Waals surface area contributed by atoms with Crippen molar-refractivity contribution in [1.29, 1.82) is 5.41 Å². The van der Waals surface area contributed by atoms with Gasteiger partial charge in [0, 0.05) is 5.69 Å². The lowest BCUT2D eigenvalue weighted by molar-refractivity contribution is 0.479. The minimum atomic E-state index is -0.0133. The Morgan fingerprint density at radius 3 is 2.65 bits per heavy atom. The fourth-order valence-electron chi connectivity index (χ4n) is 1.42. The molecule has 4 heteroatoms. The van der Waals surface area contributed by atoms with Crippen molar-refractivity contribution in [2.45, 2.75) is 6.92 Å². The quantitative estimate of drug-likeness (QED) is 0.625.